The summed E-state index contributed by atoms with van der Waals surface area (Å²) in [4.78, 5) is 16.6. The molecule has 4 nitrogen and oxygen atoms in total. The second-order valence-corrected chi connectivity index (χ2v) is 6.03. The Labute approximate surface area is 123 Å². The van der Waals surface area contributed by atoms with Crippen LogP contribution in [0.1, 0.15) is 38.2 Å². The summed E-state index contributed by atoms with van der Waals surface area (Å²) in [5.41, 5.74) is 2.02. The van der Waals surface area contributed by atoms with E-state index in [-0.39, 0.29) is 5.56 Å². The minimum Gasteiger partial charge on any atom is -0.315 e. The molecule has 0 aliphatic heterocycles. The van der Waals surface area contributed by atoms with E-state index in [0.29, 0.717) is 6.54 Å². The molecule has 110 valence electrons. The summed E-state index contributed by atoms with van der Waals surface area (Å²) in [6.07, 6.45) is 6.74. The molecule has 5 heteroatoms. The molecule has 2 aromatic rings. The lowest BCUT2D eigenvalue weighted by Gasteiger charge is -2.07. The first-order valence-electron chi connectivity index (χ1n) is 7.38. The summed E-state index contributed by atoms with van der Waals surface area (Å²) in [7, 11) is 0. The molecule has 0 saturated heterocycles. The normalized spacial score (nSPS) is 11.3. The predicted molar refractivity (Wildman–Crippen MR) is 85.6 cm³/mol. The third-order valence-corrected chi connectivity index (χ3v) is 4.54. The van der Waals surface area contributed by atoms with Crippen molar-refractivity contribution in [1.82, 2.24) is 14.9 Å². The van der Waals surface area contributed by atoms with Crippen molar-refractivity contribution in [3.8, 4) is 0 Å². The van der Waals surface area contributed by atoms with Gasteiger partial charge in [0.1, 0.15) is 4.70 Å². The summed E-state index contributed by atoms with van der Waals surface area (Å²) in [6.45, 7) is 6.75. The number of nitrogens with one attached hydrogen (secondary N) is 1. The van der Waals surface area contributed by atoms with Gasteiger partial charge in [0.25, 0.3) is 5.56 Å². The zero-order chi connectivity index (χ0) is 14.4. The highest BCUT2D eigenvalue weighted by atomic mass is 32.1. The molecule has 0 aliphatic rings. The maximum absolute atomic E-state index is 12.3. The Hall–Kier alpha value is -1.20. The highest BCUT2D eigenvalue weighted by Crippen LogP contribution is 2.19. The van der Waals surface area contributed by atoms with Crippen LogP contribution in [0.5, 0.6) is 0 Å². The maximum Gasteiger partial charge on any atom is 0.271 e. The van der Waals surface area contributed by atoms with Gasteiger partial charge in [0, 0.05) is 13.1 Å². The molecule has 20 heavy (non-hydrogen) atoms. The predicted octanol–water partition coefficient (Wildman–Crippen LogP) is 2.94. The Bertz CT molecular complexity index is 603. The standard InChI is InChI=1S/C15H23N3OS/c1-3-4-5-6-7-16-8-9-18-11-17-13-12(2)10-20-14(13)15(18)19/h10-11,16H,3-9H2,1-2H3. The van der Waals surface area contributed by atoms with E-state index < -0.39 is 0 Å². The second kappa shape index (κ2) is 7.55. The van der Waals surface area contributed by atoms with Crippen molar-refractivity contribution >= 4 is 21.6 Å². The van der Waals surface area contributed by atoms with Gasteiger partial charge in [0.15, 0.2) is 0 Å². The lowest BCUT2D eigenvalue weighted by molar-refractivity contribution is 0.553. The monoisotopic (exact) mass is 293 g/mol. The molecular formula is C15H23N3OS. The summed E-state index contributed by atoms with van der Waals surface area (Å²) in [6, 6.07) is 0. The van der Waals surface area contributed by atoms with Gasteiger partial charge in [0.2, 0.25) is 0 Å². The van der Waals surface area contributed by atoms with E-state index in [0.717, 1.165) is 28.9 Å². The number of thiophene rings is 1. The van der Waals surface area contributed by atoms with Gasteiger partial charge in [-0.25, -0.2) is 4.98 Å². The first-order valence-corrected chi connectivity index (χ1v) is 8.26. The maximum atomic E-state index is 12.3. The van der Waals surface area contributed by atoms with Gasteiger partial charge < -0.3 is 5.32 Å². The van der Waals surface area contributed by atoms with Gasteiger partial charge in [-0.3, -0.25) is 9.36 Å². The summed E-state index contributed by atoms with van der Waals surface area (Å²) < 4.78 is 2.48. The summed E-state index contributed by atoms with van der Waals surface area (Å²) >= 11 is 1.49. The number of fused-ring (bicyclic) bond motifs is 1. The van der Waals surface area contributed by atoms with Gasteiger partial charge >= 0.3 is 0 Å². The number of rotatable bonds is 8. The van der Waals surface area contributed by atoms with Crippen molar-refractivity contribution in [2.75, 3.05) is 13.1 Å². The molecule has 1 N–H and O–H groups in total. The Balaban J connectivity index is 1.84. The third-order valence-electron chi connectivity index (χ3n) is 3.46. The molecule has 2 heterocycles. The SMILES string of the molecule is CCCCCCNCCn1cnc2c(C)csc2c1=O. The minimum atomic E-state index is 0.0842. The van der Waals surface area contributed by atoms with E-state index in [1.807, 2.05) is 12.3 Å². The zero-order valence-electron chi connectivity index (χ0n) is 12.3. The van der Waals surface area contributed by atoms with Crippen LogP contribution in [0.25, 0.3) is 10.2 Å². The molecule has 0 bridgehead atoms. The Morgan fingerprint density at radius 1 is 1.30 bits per heavy atom. The van der Waals surface area contributed by atoms with E-state index in [1.165, 1.54) is 37.0 Å². The van der Waals surface area contributed by atoms with Crippen molar-refractivity contribution in [1.29, 1.82) is 0 Å². The van der Waals surface area contributed by atoms with Crippen molar-refractivity contribution in [3.05, 3.63) is 27.6 Å². The van der Waals surface area contributed by atoms with E-state index in [9.17, 15) is 4.79 Å². The number of hydrogen-bond donors (Lipinski definition) is 1. The fraction of sp³-hybridized carbons (Fsp3) is 0.600. The van der Waals surface area contributed by atoms with Crippen LogP contribution in [0, 0.1) is 6.92 Å². The van der Waals surface area contributed by atoms with Crippen molar-refractivity contribution in [3.63, 3.8) is 0 Å². The first kappa shape index (κ1) is 15.2. The van der Waals surface area contributed by atoms with Gasteiger partial charge in [-0.2, -0.15) is 0 Å². The van der Waals surface area contributed by atoms with Crippen LogP contribution in [0.15, 0.2) is 16.5 Å². The fourth-order valence-electron chi connectivity index (χ4n) is 2.22. The lowest BCUT2D eigenvalue weighted by atomic mass is 10.2. The molecule has 0 fully saturated rings. The van der Waals surface area contributed by atoms with Crippen LogP contribution in [0.3, 0.4) is 0 Å². The molecule has 0 amide bonds. The average molecular weight is 293 g/mol. The number of hydrogen-bond acceptors (Lipinski definition) is 4. The third kappa shape index (κ3) is 3.67. The molecule has 0 spiro atoms. The molecular weight excluding hydrogens is 270 g/mol. The van der Waals surface area contributed by atoms with Crippen LogP contribution in [0.2, 0.25) is 0 Å². The quantitative estimate of drug-likeness (QED) is 0.761. The Morgan fingerprint density at radius 3 is 2.95 bits per heavy atom. The minimum absolute atomic E-state index is 0.0842. The lowest BCUT2D eigenvalue weighted by Crippen LogP contribution is -2.27. The van der Waals surface area contributed by atoms with Gasteiger partial charge in [-0.15, -0.1) is 11.3 Å². The molecule has 0 saturated carbocycles. The van der Waals surface area contributed by atoms with Crippen LogP contribution >= 0.6 is 11.3 Å². The van der Waals surface area contributed by atoms with E-state index >= 15 is 0 Å². The number of unbranched alkanes of at least 4 members (excludes halogenated alkanes) is 3. The zero-order valence-corrected chi connectivity index (χ0v) is 13.1. The smallest absolute Gasteiger partial charge is 0.271 e. The van der Waals surface area contributed by atoms with Gasteiger partial charge in [-0.1, -0.05) is 26.2 Å². The van der Waals surface area contributed by atoms with E-state index in [1.54, 1.807) is 10.9 Å². The number of aryl methyl sites for hydroxylation is 1. The average Bonchev–Trinajstić information content (AvgIpc) is 2.82. The molecule has 0 aliphatic carbocycles. The Morgan fingerprint density at radius 2 is 2.15 bits per heavy atom. The molecule has 2 aromatic heterocycles. The van der Waals surface area contributed by atoms with E-state index in [4.69, 9.17) is 0 Å². The number of nitrogens with zero attached hydrogens (tertiary/aromatic N) is 2. The van der Waals surface area contributed by atoms with E-state index in [2.05, 4.69) is 17.2 Å². The second-order valence-electron chi connectivity index (χ2n) is 5.15. The highest BCUT2D eigenvalue weighted by molar-refractivity contribution is 7.17. The summed E-state index contributed by atoms with van der Waals surface area (Å²) in [5.74, 6) is 0. The van der Waals surface area contributed by atoms with Crippen LogP contribution in [0.4, 0.5) is 0 Å². The van der Waals surface area contributed by atoms with Crippen LogP contribution in [-0.4, -0.2) is 22.6 Å². The topological polar surface area (TPSA) is 46.9 Å². The van der Waals surface area contributed by atoms with Crippen LogP contribution < -0.4 is 10.9 Å². The van der Waals surface area contributed by atoms with Crippen molar-refractivity contribution in [2.45, 2.75) is 46.1 Å². The van der Waals surface area contributed by atoms with Gasteiger partial charge in [-0.05, 0) is 30.8 Å². The van der Waals surface area contributed by atoms with Gasteiger partial charge in [0.05, 0.1) is 11.8 Å². The number of aromatic nitrogens is 2. The first-order chi connectivity index (χ1) is 9.74. The molecule has 2 rings (SSSR count). The van der Waals surface area contributed by atoms with Crippen molar-refractivity contribution in [2.24, 2.45) is 0 Å². The fourth-order valence-corrected chi connectivity index (χ4v) is 3.17. The molecule has 0 radical (unpaired) electrons. The molecule has 0 aromatic carbocycles. The van der Waals surface area contributed by atoms with Crippen molar-refractivity contribution < 1.29 is 0 Å². The molecule has 0 unspecified atom stereocenters. The van der Waals surface area contributed by atoms with Crippen LogP contribution in [-0.2, 0) is 6.54 Å². The Kier molecular flexibility index (Phi) is 5.73. The molecule has 0 atom stereocenters. The summed E-state index contributed by atoms with van der Waals surface area (Å²) in [5, 5.41) is 5.38. The highest BCUT2D eigenvalue weighted by Gasteiger charge is 2.07. The largest absolute Gasteiger partial charge is 0.315 e.